The Morgan fingerprint density at radius 3 is 2.62 bits per heavy atom. The number of hydrogen-bond donors (Lipinski definition) is 1. The second-order valence-corrected chi connectivity index (χ2v) is 3.05. The molecule has 0 aliphatic carbocycles. The van der Waals surface area contributed by atoms with Crippen molar-refractivity contribution in [3.63, 3.8) is 0 Å². The molecule has 0 aromatic carbocycles. The fraction of sp³-hybridized carbons (Fsp3) is 0.500. The summed E-state index contributed by atoms with van der Waals surface area (Å²) in [4.78, 5) is -0.274. The Morgan fingerprint density at radius 2 is 2.23 bits per heavy atom. The van der Waals surface area contributed by atoms with E-state index in [0.717, 1.165) is 6.07 Å². The van der Waals surface area contributed by atoms with Crippen LogP contribution in [0.2, 0.25) is 0 Å². The normalized spacial score (nSPS) is 14.2. The first-order valence-electron chi connectivity index (χ1n) is 3.20. The lowest BCUT2D eigenvalue weighted by atomic mass is 10.3. The van der Waals surface area contributed by atoms with E-state index in [-0.39, 0.29) is 10.8 Å². The third-order valence-electron chi connectivity index (χ3n) is 1.30. The molecular formula is C6H6F3NO2S. The second kappa shape index (κ2) is 3.51. The number of aliphatic hydroxyl groups is 1. The van der Waals surface area contributed by atoms with Crippen molar-refractivity contribution in [3.8, 4) is 5.88 Å². The van der Waals surface area contributed by atoms with Crippen molar-refractivity contribution in [1.82, 2.24) is 4.37 Å². The summed E-state index contributed by atoms with van der Waals surface area (Å²) in [6, 6.07) is 1.06. The van der Waals surface area contributed by atoms with Gasteiger partial charge in [0.05, 0.1) is 12.0 Å². The Hall–Kier alpha value is -0.820. The fourth-order valence-corrected chi connectivity index (χ4v) is 1.37. The molecule has 1 aromatic heterocycles. The summed E-state index contributed by atoms with van der Waals surface area (Å²) in [7, 11) is 1.29. The van der Waals surface area contributed by atoms with E-state index in [1.54, 1.807) is 0 Å². The van der Waals surface area contributed by atoms with Crippen molar-refractivity contribution in [2.24, 2.45) is 0 Å². The standard InChI is InChI=1S/C6H6F3NO2S/c1-12-4-2-3(13-10-4)5(11)6(7,8)9/h2,5,11H,1H3/t5-/m1/s1. The molecule has 7 heteroatoms. The molecule has 0 amide bonds. The molecule has 0 saturated carbocycles. The molecule has 1 N–H and O–H groups in total. The third kappa shape index (κ3) is 2.31. The number of aromatic nitrogens is 1. The van der Waals surface area contributed by atoms with E-state index in [0.29, 0.717) is 11.5 Å². The summed E-state index contributed by atoms with van der Waals surface area (Å²) in [6.07, 6.45) is -7.13. The van der Waals surface area contributed by atoms with Crippen LogP contribution in [0.15, 0.2) is 6.07 Å². The predicted molar refractivity (Wildman–Crippen MR) is 39.7 cm³/mol. The second-order valence-electron chi connectivity index (χ2n) is 2.22. The maximum Gasteiger partial charge on any atom is 0.419 e. The first kappa shape index (κ1) is 10.3. The number of aliphatic hydroxyl groups excluding tert-OH is 1. The van der Waals surface area contributed by atoms with Crippen LogP contribution < -0.4 is 4.74 Å². The molecule has 1 heterocycles. The van der Waals surface area contributed by atoms with Gasteiger partial charge in [-0.1, -0.05) is 0 Å². The Bertz CT molecular complexity index is 286. The van der Waals surface area contributed by atoms with Crippen molar-refractivity contribution < 1.29 is 23.0 Å². The van der Waals surface area contributed by atoms with Gasteiger partial charge in [0.15, 0.2) is 6.10 Å². The number of rotatable bonds is 2. The van der Waals surface area contributed by atoms with Crippen molar-refractivity contribution in [1.29, 1.82) is 0 Å². The Labute approximate surface area is 75.9 Å². The van der Waals surface area contributed by atoms with Crippen LogP contribution in [-0.4, -0.2) is 22.8 Å². The molecule has 0 aliphatic heterocycles. The fourth-order valence-electron chi connectivity index (χ4n) is 0.658. The minimum atomic E-state index is -4.66. The van der Waals surface area contributed by atoms with Crippen LogP contribution in [0.5, 0.6) is 5.88 Å². The highest BCUT2D eigenvalue weighted by atomic mass is 32.1. The van der Waals surface area contributed by atoms with Gasteiger partial charge >= 0.3 is 6.18 Å². The van der Waals surface area contributed by atoms with E-state index in [9.17, 15) is 13.2 Å². The van der Waals surface area contributed by atoms with Crippen LogP contribution >= 0.6 is 11.5 Å². The molecule has 0 radical (unpaired) electrons. The van der Waals surface area contributed by atoms with Gasteiger partial charge in [-0.3, -0.25) is 0 Å². The topological polar surface area (TPSA) is 42.4 Å². The molecule has 0 unspecified atom stereocenters. The molecule has 0 aliphatic rings. The van der Waals surface area contributed by atoms with E-state index in [2.05, 4.69) is 9.11 Å². The van der Waals surface area contributed by atoms with Gasteiger partial charge in [-0.15, -0.1) is 0 Å². The highest BCUT2D eigenvalue weighted by Crippen LogP contribution is 2.35. The molecule has 1 atom stereocenters. The van der Waals surface area contributed by atoms with E-state index in [1.165, 1.54) is 7.11 Å². The number of methoxy groups -OCH3 is 1. The molecule has 3 nitrogen and oxygen atoms in total. The lowest BCUT2D eigenvalue weighted by molar-refractivity contribution is -0.205. The first-order chi connectivity index (χ1) is 5.95. The minimum Gasteiger partial charge on any atom is -0.480 e. The smallest absolute Gasteiger partial charge is 0.419 e. The van der Waals surface area contributed by atoms with Crippen molar-refractivity contribution >= 4 is 11.5 Å². The predicted octanol–water partition coefficient (Wildman–Crippen LogP) is 1.75. The van der Waals surface area contributed by atoms with Gasteiger partial charge in [0.25, 0.3) is 0 Å². The van der Waals surface area contributed by atoms with Crippen LogP contribution in [0.25, 0.3) is 0 Å². The van der Waals surface area contributed by atoms with Gasteiger partial charge in [-0.2, -0.15) is 17.5 Å². The highest BCUT2D eigenvalue weighted by molar-refractivity contribution is 7.06. The molecule has 0 bridgehead atoms. The zero-order chi connectivity index (χ0) is 10.1. The third-order valence-corrected chi connectivity index (χ3v) is 2.12. The number of halogens is 3. The minimum absolute atomic E-state index is 0.0725. The van der Waals surface area contributed by atoms with E-state index in [4.69, 9.17) is 5.11 Å². The van der Waals surface area contributed by atoms with E-state index >= 15 is 0 Å². The molecule has 1 rings (SSSR count). The average Bonchev–Trinajstić information content (AvgIpc) is 2.48. The molecule has 74 valence electrons. The van der Waals surface area contributed by atoms with Crippen molar-refractivity contribution in [2.45, 2.75) is 12.3 Å². The van der Waals surface area contributed by atoms with Crippen LogP contribution in [0, 0.1) is 0 Å². The lowest BCUT2D eigenvalue weighted by Gasteiger charge is -2.11. The maximum absolute atomic E-state index is 11.9. The van der Waals surface area contributed by atoms with Crippen molar-refractivity contribution in [2.75, 3.05) is 7.11 Å². The number of hydrogen-bond acceptors (Lipinski definition) is 4. The summed E-state index contributed by atoms with van der Waals surface area (Å²) in [5, 5.41) is 8.76. The highest BCUT2D eigenvalue weighted by Gasteiger charge is 2.40. The average molecular weight is 213 g/mol. The van der Waals surface area contributed by atoms with E-state index in [1.807, 2.05) is 0 Å². The van der Waals surface area contributed by atoms with Gasteiger partial charge < -0.3 is 9.84 Å². The maximum atomic E-state index is 11.9. The lowest BCUT2D eigenvalue weighted by Crippen LogP contribution is -2.18. The van der Waals surface area contributed by atoms with Crippen LogP contribution in [0.1, 0.15) is 11.0 Å². The van der Waals surface area contributed by atoms with Gasteiger partial charge in [-0.05, 0) is 11.5 Å². The Morgan fingerprint density at radius 1 is 1.62 bits per heavy atom. The zero-order valence-corrected chi connectivity index (χ0v) is 7.32. The van der Waals surface area contributed by atoms with Crippen LogP contribution in [-0.2, 0) is 0 Å². The summed E-state index contributed by atoms with van der Waals surface area (Å²) in [5.41, 5.74) is 0. The van der Waals surface area contributed by atoms with Crippen LogP contribution in [0.4, 0.5) is 13.2 Å². The molecule has 1 aromatic rings. The van der Waals surface area contributed by atoms with Gasteiger partial charge in [0.1, 0.15) is 0 Å². The molecule has 0 spiro atoms. The summed E-state index contributed by atoms with van der Waals surface area (Å²) in [6.45, 7) is 0. The first-order valence-corrected chi connectivity index (χ1v) is 3.98. The molecule has 13 heavy (non-hydrogen) atoms. The van der Waals surface area contributed by atoms with E-state index < -0.39 is 12.3 Å². The largest absolute Gasteiger partial charge is 0.480 e. The summed E-state index contributed by atoms with van der Waals surface area (Å²) >= 11 is 0.564. The number of nitrogens with zero attached hydrogens (tertiary/aromatic N) is 1. The molecular weight excluding hydrogens is 207 g/mol. The number of ether oxygens (including phenoxy) is 1. The Balaban J connectivity index is 2.83. The van der Waals surface area contributed by atoms with Gasteiger partial charge in [0.2, 0.25) is 5.88 Å². The van der Waals surface area contributed by atoms with Crippen LogP contribution in [0.3, 0.4) is 0 Å². The molecule has 0 fully saturated rings. The van der Waals surface area contributed by atoms with Gasteiger partial charge in [0, 0.05) is 6.07 Å². The zero-order valence-electron chi connectivity index (χ0n) is 6.50. The van der Waals surface area contributed by atoms with Crippen molar-refractivity contribution in [3.05, 3.63) is 10.9 Å². The summed E-state index contributed by atoms with van der Waals surface area (Å²) < 4.78 is 43.9. The SMILES string of the molecule is COc1cc([C@@H](O)C(F)(F)F)sn1. The number of alkyl halides is 3. The quantitative estimate of drug-likeness (QED) is 0.813. The summed E-state index contributed by atoms with van der Waals surface area (Å²) in [5.74, 6) is 0.0725. The molecule has 0 saturated heterocycles. The Kier molecular flexibility index (Phi) is 2.77. The monoisotopic (exact) mass is 213 g/mol. The van der Waals surface area contributed by atoms with Gasteiger partial charge in [-0.25, -0.2) is 0 Å².